The van der Waals surface area contributed by atoms with E-state index in [0.717, 1.165) is 9.79 Å². The third-order valence-electron chi connectivity index (χ3n) is 4.33. The molecule has 4 nitrogen and oxygen atoms in total. The van der Waals surface area contributed by atoms with Crippen LogP contribution in [0.2, 0.25) is 5.02 Å². The minimum Gasteiger partial charge on any atom is -0.382 e. The lowest BCUT2D eigenvalue weighted by atomic mass is 10.0. The van der Waals surface area contributed by atoms with Crippen molar-refractivity contribution in [1.82, 2.24) is 0 Å². The predicted molar refractivity (Wildman–Crippen MR) is 113 cm³/mol. The highest BCUT2D eigenvalue weighted by Crippen LogP contribution is 2.33. The molecular formula is C22H16ClFN2O2S. The number of para-hydroxylation sites is 1. The number of benzene rings is 3. The monoisotopic (exact) mass is 426 g/mol. The molecule has 0 saturated carbocycles. The summed E-state index contributed by atoms with van der Waals surface area (Å²) in [6.07, 6.45) is -0.712. The summed E-state index contributed by atoms with van der Waals surface area (Å²) in [5, 5.41) is 7.01. The van der Waals surface area contributed by atoms with E-state index in [1.54, 1.807) is 17.8 Å². The summed E-state index contributed by atoms with van der Waals surface area (Å²) in [5.41, 5.74) is 1.16. The molecule has 0 spiro atoms. The van der Waals surface area contributed by atoms with Gasteiger partial charge in [0.05, 0.1) is 22.0 Å². The second kappa shape index (κ2) is 8.68. The van der Waals surface area contributed by atoms with E-state index in [1.165, 1.54) is 12.1 Å². The van der Waals surface area contributed by atoms with E-state index < -0.39 is 11.9 Å². The van der Waals surface area contributed by atoms with Crippen molar-refractivity contribution in [3.05, 3.63) is 89.2 Å². The number of hydrogen-bond acceptors (Lipinski definition) is 4. The van der Waals surface area contributed by atoms with Crippen molar-refractivity contribution in [3.8, 4) is 0 Å². The zero-order valence-corrected chi connectivity index (χ0v) is 16.7. The van der Waals surface area contributed by atoms with Gasteiger partial charge in [0, 0.05) is 16.2 Å². The first-order chi connectivity index (χ1) is 14.1. The molecule has 1 atom stereocenters. The molecule has 1 aliphatic heterocycles. The maximum absolute atomic E-state index is 14.1. The first kappa shape index (κ1) is 19.5. The van der Waals surface area contributed by atoms with Gasteiger partial charge in [-0.2, -0.15) is 0 Å². The van der Waals surface area contributed by atoms with E-state index in [0.29, 0.717) is 11.4 Å². The number of halogens is 2. The molecule has 1 unspecified atom stereocenters. The fourth-order valence-electron chi connectivity index (χ4n) is 2.93. The van der Waals surface area contributed by atoms with Crippen molar-refractivity contribution in [2.24, 2.45) is 5.16 Å². The van der Waals surface area contributed by atoms with Crippen molar-refractivity contribution < 1.29 is 14.0 Å². The van der Waals surface area contributed by atoms with E-state index in [9.17, 15) is 9.18 Å². The van der Waals surface area contributed by atoms with E-state index in [4.69, 9.17) is 16.4 Å². The van der Waals surface area contributed by atoms with Crippen LogP contribution in [-0.2, 0) is 9.63 Å². The normalized spacial score (nSPS) is 15.5. The Labute approximate surface area is 176 Å². The number of rotatable bonds is 5. The highest BCUT2D eigenvalue weighted by atomic mass is 35.5. The van der Waals surface area contributed by atoms with Gasteiger partial charge in [0.1, 0.15) is 5.82 Å². The molecule has 3 aromatic rings. The standard InChI is InChI=1S/C22H16ClFN2O2S/c23-15-9-6-10-16(24)21(15)18-13-19(28-26-18)22(27)25-17-11-4-5-12-20(17)29-14-7-2-1-3-8-14/h1-12,19H,13H2,(H,25,27). The van der Waals surface area contributed by atoms with Crippen molar-refractivity contribution in [3.63, 3.8) is 0 Å². The zero-order valence-electron chi connectivity index (χ0n) is 15.1. The Kier molecular flexibility index (Phi) is 5.83. The van der Waals surface area contributed by atoms with Gasteiger partial charge in [-0.1, -0.05) is 64.9 Å². The van der Waals surface area contributed by atoms with Crippen LogP contribution < -0.4 is 5.32 Å². The first-order valence-corrected chi connectivity index (χ1v) is 10.1. The third kappa shape index (κ3) is 4.44. The molecule has 29 heavy (non-hydrogen) atoms. The molecule has 0 bridgehead atoms. The molecule has 7 heteroatoms. The Morgan fingerprint density at radius 3 is 2.62 bits per heavy atom. The summed E-state index contributed by atoms with van der Waals surface area (Å²) in [6, 6.07) is 21.8. The molecule has 0 radical (unpaired) electrons. The molecule has 0 aromatic heterocycles. The Balaban J connectivity index is 1.46. The molecule has 146 valence electrons. The molecule has 1 aliphatic rings. The summed E-state index contributed by atoms with van der Waals surface area (Å²) in [5.74, 6) is -0.845. The Hall–Kier alpha value is -2.83. The van der Waals surface area contributed by atoms with Crippen LogP contribution in [-0.4, -0.2) is 17.7 Å². The van der Waals surface area contributed by atoms with Gasteiger partial charge in [0.25, 0.3) is 5.91 Å². The van der Waals surface area contributed by atoms with Crippen molar-refractivity contribution in [2.75, 3.05) is 5.32 Å². The van der Waals surface area contributed by atoms with E-state index in [1.807, 2.05) is 54.6 Å². The van der Waals surface area contributed by atoms with Gasteiger partial charge in [-0.15, -0.1) is 0 Å². The first-order valence-electron chi connectivity index (χ1n) is 8.91. The number of nitrogens with zero attached hydrogens (tertiary/aromatic N) is 1. The van der Waals surface area contributed by atoms with Crippen LogP contribution >= 0.6 is 23.4 Å². The topological polar surface area (TPSA) is 50.7 Å². The highest BCUT2D eigenvalue weighted by molar-refractivity contribution is 7.99. The van der Waals surface area contributed by atoms with E-state index in [-0.39, 0.29) is 22.9 Å². The smallest absolute Gasteiger partial charge is 0.268 e. The SMILES string of the molecule is O=C(Nc1ccccc1Sc1ccccc1)C1CC(c2c(F)cccc2Cl)=NO1. The predicted octanol–water partition coefficient (Wildman–Crippen LogP) is 5.76. The summed E-state index contributed by atoms with van der Waals surface area (Å²) in [7, 11) is 0. The fraction of sp³-hybridized carbons (Fsp3) is 0.0909. The number of carbonyl (C=O) groups excluding carboxylic acids is 1. The molecule has 0 aliphatic carbocycles. The van der Waals surface area contributed by atoms with Gasteiger partial charge in [-0.05, 0) is 36.4 Å². The minimum atomic E-state index is -0.851. The summed E-state index contributed by atoms with van der Waals surface area (Å²) < 4.78 is 14.1. The van der Waals surface area contributed by atoms with Gasteiger partial charge in [0.15, 0.2) is 0 Å². The number of oxime groups is 1. The lowest BCUT2D eigenvalue weighted by Crippen LogP contribution is -2.28. The van der Waals surface area contributed by atoms with Gasteiger partial charge in [-0.25, -0.2) is 4.39 Å². The van der Waals surface area contributed by atoms with Gasteiger partial charge >= 0.3 is 0 Å². The van der Waals surface area contributed by atoms with Crippen LogP contribution in [0, 0.1) is 5.82 Å². The quantitative estimate of drug-likeness (QED) is 0.564. The Morgan fingerprint density at radius 2 is 1.83 bits per heavy atom. The van der Waals surface area contributed by atoms with E-state index in [2.05, 4.69) is 10.5 Å². The van der Waals surface area contributed by atoms with Crippen LogP contribution in [0.5, 0.6) is 0 Å². The largest absolute Gasteiger partial charge is 0.382 e. The minimum absolute atomic E-state index is 0.139. The molecule has 1 amide bonds. The second-order valence-corrected chi connectivity index (χ2v) is 7.86. The van der Waals surface area contributed by atoms with Gasteiger partial charge in [-0.3, -0.25) is 4.79 Å². The van der Waals surface area contributed by atoms with Crippen LogP contribution in [0.15, 0.2) is 87.7 Å². The average Bonchev–Trinajstić information content (AvgIpc) is 3.20. The fourth-order valence-corrected chi connectivity index (χ4v) is 4.12. The molecule has 0 saturated heterocycles. The van der Waals surface area contributed by atoms with Crippen molar-refractivity contribution in [1.29, 1.82) is 0 Å². The molecule has 0 fully saturated rings. The van der Waals surface area contributed by atoms with Crippen LogP contribution in [0.25, 0.3) is 0 Å². The number of carbonyl (C=O) groups is 1. The molecule has 1 heterocycles. The van der Waals surface area contributed by atoms with Crippen LogP contribution in [0.1, 0.15) is 12.0 Å². The number of anilines is 1. The molecular weight excluding hydrogens is 411 g/mol. The summed E-state index contributed by atoms with van der Waals surface area (Å²) in [6.45, 7) is 0. The Morgan fingerprint density at radius 1 is 1.07 bits per heavy atom. The Bertz CT molecular complexity index is 1060. The maximum atomic E-state index is 14.1. The van der Waals surface area contributed by atoms with Gasteiger partial charge < -0.3 is 10.2 Å². The van der Waals surface area contributed by atoms with Gasteiger partial charge in [0.2, 0.25) is 6.10 Å². The number of hydrogen-bond donors (Lipinski definition) is 1. The van der Waals surface area contributed by atoms with Crippen molar-refractivity contribution in [2.45, 2.75) is 22.3 Å². The second-order valence-electron chi connectivity index (χ2n) is 6.33. The number of nitrogens with one attached hydrogen (secondary N) is 1. The molecule has 4 rings (SSSR count). The lowest BCUT2D eigenvalue weighted by Gasteiger charge is -2.13. The maximum Gasteiger partial charge on any atom is 0.268 e. The molecule has 1 N–H and O–H groups in total. The average molecular weight is 427 g/mol. The highest BCUT2D eigenvalue weighted by Gasteiger charge is 2.31. The molecule has 3 aromatic carbocycles. The third-order valence-corrected chi connectivity index (χ3v) is 5.73. The summed E-state index contributed by atoms with van der Waals surface area (Å²) in [4.78, 5) is 20.0. The van der Waals surface area contributed by atoms with Crippen molar-refractivity contribution >= 4 is 40.7 Å². The summed E-state index contributed by atoms with van der Waals surface area (Å²) >= 11 is 7.63. The van der Waals surface area contributed by atoms with E-state index >= 15 is 0 Å². The van der Waals surface area contributed by atoms with Crippen LogP contribution in [0.3, 0.4) is 0 Å². The zero-order chi connectivity index (χ0) is 20.2. The lowest BCUT2D eigenvalue weighted by molar-refractivity contribution is -0.125. The number of amides is 1. The van der Waals surface area contributed by atoms with Crippen LogP contribution in [0.4, 0.5) is 10.1 Å².